The highest BCUT2D eigenvalue weighted by atomic mass is 16.6. The van der Waals surface area contributed by atoms with Gasteiger partial charge in [-0.3, -0.25) is 14.4 Å². The number of esters is 3. The number of allylic oxidation sites excluding steroid dienone is 18. The third-order valence-corrected chi connectivity index (χ3v) is 10.8. The Morgan fingerprint density at radius 3 is 1.22 bits per heavy atom. The topological polar surface area (TPSA) is 78.9 Å². The second-order valence-electron chi connectivity index (χ2n) is 17.2. The van der Waals surface area contributed by atoms with Crippen LogP contribution in [0.4, 0.5) is 0 Å². The second kappa shape index (κ2) is 52.7. The highest BCUT2D eigenvalue weighted by molar-refractivity contribution is 5.71. The lowest BCUT2D eigenvalue weighted by molar-refractivity contribution is -0.167. The minimum atomic E-state index is -0.815. The molecule has 6 nitrogen and oxygen atoms in total. The van der Waals surface area contributed by atoms with E-state index in [4.69, 9.17) is 14.2 Å². The predicted octanol–water partition coefficient (Wildman–Crippen LogP) is 17.5. The molecule has 0 saturated heterocycles. The Hall–Kier alpha value is -3.93. The van der Waals surface area contributed by atoms with E-state index in [2.05, 4.69) is 93.7 Å². The Balaban J connectivity index is 4.48. The van der Waals surface area contributed by atoms with Crippen LogP contribution in [0.2, 0.25) is 0 Å². The summed E-state index contributed by atoms with van der Waals surface area (Å²) in [6, 6.07) is 0. The molecule has 0 aliphatic heterocycles. The van der Waals surface area contributed by atoms with Crippen LogP contribution in [0.3, 0.4) is 0 Å². The van der Waals surface area contributed by atoms with E-state index in [0.29, 0.717) is 19.3 Å². The van der Waals surface area contributed by atoms with E-state index < -0.39 is 6.10 Å². The summed E-state index contributed by atoms with van der Waals surface area (Å²) in [5.74, 6) is -1.00. The van der Waals surface area contributed by atoms with E-state index in [1.54, 1.807) is 0 Å². The Labute approximate surface area is 400 Å². The molecule has 0 heterocycles. The van der Waals surface area contributed by atoms with Crippen LogP contribution in [0.1, 0.15) is 226 Å². The molecule has 0 spiro atoms. The zero-order chi connectivity index (χ0) is 47.2. The van der Waals surface area contributed by atoms with Gasteiger partial charge in [-0.1, -0.05) is 226 Å². The number of unbranched alkanes of at least 4 members (excludes halogenated alkanes) is 21. The Morgan fingerprint density at radius 1 is 0.338 bits per heavy atom. The van der Waals surface area contributed by atoms with E-state index in [1.165, 1.54) is 77.0 Å². The van der Waals surface area contributed by atoms with Gasteiger partial charge in [0.05, 0.1) is 0 Å². The molecule has 0 aromatic heterocycles. The zero-order valence-corrected chi connectivity index (χ0v) is 42.0. The van der Waals surface area contributed by atoms with Crippen LogP contribution in [0.25, 0.3) is 0 Å². The Kier molecular flexibility index (Phi) is 49.5. The molecule has 0 aliphatic rings. The molecule has 65 heavy (non-hydrogen) atoms. The normalized spacial score (nSPS) is 13.0. The fourth-order valence-electron chi connectivity index (χ4n) is 6.90. The summed E-state index contributed by atoms with van der Waals surface area (Å²) in [4.78, 5) is 38.0. The van der Waals surface area contributed by atoms with Gasteiger partial charge < -0.3 is 14.2 Å². The standard InChI is InChI=1S/C59H96O6/c1-4-7-10-13-16-19-22-24-26-28-30-32-34-37-40-43-46-49-52-58(61)64-55-56(54-63-57(60)51-48-45-42-39-36-21-18-15-12-9-6-3)65-59(62)53-50-47-44-41-38-35-33-31-29-27-25-23-20-17-14-11-8-5-2/h9-10,12-13,16,18-19,21-22,24,26,28,30-33,39,42,56H,4-8,11,14-15,17,20,23,25,27,29,34-38,40-41,43-55H2,1-3H3/b12-9-,13-10-,19-16-,21-18-,24-22-,28-26-,32-30-,33-31-,42-39-. The van der Waals surface area contributed by atoms with Crippen LogP contribution in [0.15, 0.2) is 109 Å². The molecule has 0 rings (SSSR count). The van der Waals surface area contributed by atoms with Crippen LogP contribution >= 0.6 is 0 Å². The minimum Gasteiger partial charge on any atom is -0.462 e. The summed E-state index contributed by atoms with van der Waals surface area (Å²) in [5, 5.41) is 0. The highest BCUT2D eigenvalue weighted by Crippen LogP contribution is 2.14. The molecule has 0 bridgehead atoms. The quantitative estimate of drug-likeness (QED) is 0.0199. The number of carbonyl (C=O) groups is 3. The van der Waals surface area contributed by atoms with Crippen molar-refractivity contribution in [2.45, 2.75) is 232 Å². The third kappa shape index (κ3) is 50.9. The molecular weight excluding hydrogens is 805 g/mol. The van der Waals surface area contributed by atoms with Gasteiger partial charge in [0, 0.05) is 19.3 Å². The monoisotopic (exact) mass is 901 g/mol. The SMILES string of the molecule is CC/C=C\C/C=C\C/C=C\CCCC(=O)OCC(COC(=O)CCCCCCC\C=C/C=C\C=C/C=C\C=C/CCC)OC(=O)CCCCCCC/C=C\CCCCCCCCCCC. The fraction of sp³-hybridized carbons (Fsp3) is 0.644. The smallest absolute Gasteiger partial charge is 0.306 e. The molecule has 1 atom stereocenters. The van der Waals surface area contributed by atoms with Gasteiger partial charge in [-0.05, 0) is 89.9 Å². The molecule has 368 valence electrons. The lowest BCUT2D eigenvalue weighted by Gasteiger charge is -2.18. The molecule has 0 amide bonds. The molecule has 0 aromatic carbocycles. The van der Waals surface area contributed by atoms with E-state index in [1.807, 2.05) is 36.5 Å². The van der Waals surface area contributed by atoms with Crippen LogP contribution in [-0.2, 0) is 28.6 Å². The predicted molar refractivity (Wildman–Crippen MR) is 279 cm³/mol. The van der Waals surface area contributed by atoms with Crippen molar-refractivity contribution in [3.05, 3.63) is 109 Å². The molecule has 0 fully saturated rings. The maximum Gasteiger partial charge on any atom is 0.306 e. The van der Waals surface area contributed by atoms with Crippen molar-refractivity contribution in [3.8, 4) is 0 Å². The van der Waals surface area contributed by atoms with Crippen LogP contribution in [-0.4, -0.2) is 37.2 Å². The summed E-state index contributed by atoms with van der Waals surface area (Å²) in [6.07, 6.45) is 70.8. The molecule has 1 unspecified atom stereocenters. The maximum absolute atomic E-state index is 12.8. The van der Waals surface area contributed by atoms with Gasteiger partial charge >= 0.3 is 17.9 Å². The first-order valence-electron chi connectivity index (χ1n) is 26.5. The molecule has 6 heteroatoms. The van der Waals surface area contributed by atoms with Gasteiger partial charge in [0.25, 0.3) is 0 Å². The minimum absolute atomic E-state index is 0.112. The van der Waals surface area contributed by atoms with Crippen molar-refractivity contribution in [1.82, 2.24) is 0 Å². The van der Waals surface area contributed by atoms with Gasteiger partial charge in [0.1, 0.15) is 13.2 Å². The zero-order valence-electron chi connectivity index (χ0n) is 42.0. The molecule has 0 aromatic rings. The first-order chi connectivity index (χ1) is 32.0. The largest absolute Gasteiger partial charge is 0.462 e. The van der Waals surface area contributed by atoms with Crippen LogP contribution in [0, 0.1) is 0 Å². The first-order valence-corrected chi connectivity index (χ1v) is 26.5. The Morgan fingerprint density at radius 2 is 0.708 bits per heavy atom. The van der Waals surface area contributed by atoms with Crippen molar-refractivity contribution >= 4 is 17.9 Å². The molecular formula is C59H96O6. The number of ether oxygens (including phenoxy) is 3. The van der Waals surface area contributed by atoms with E-state index >= 15 is 0 Å². The number of carbonyl (C=O) groups excluding carboxylic acids is 3. The van der Waals surface area contributed by atoms with Crippen LogP contribution < -0.4 is 0 Å². The average molecular weight is 901 g/mol. The maximum atomic E-state index is 12.8. The van der Waals surface area contributed by atoms with Gasteiger partial charge in [0.2, 0.25) is 0 Å². The van der Waals surface area contributed by atoms with Crippen molar-refractivity contribution in [1.29, 1.82) is 0 Å². The van der Waals surface area contributed by atoms with Crippen molar-refractivity contribution in [3.63, 3.8) is 0 Å². The van der Waals surface area contributed by atoms with Crippen molar-refractivity contribution < 1.29 is 28.6 Å². The lowest BCUT2D eigenvalue weighted by Crippen LogP contribution is -2.30. The second-order valence-corrected chi connectivity index (χ2v) is 17.2. The summed E-state index contributed by atoms with van der Waals surface area (Å²) in [6.45, 7) is 6.35. The van der Waals surface area contributed by atoms with Gasteiger partial charge in [0.15, 0.2) is 6.10 Å². The van der Waals surface area contributed by atoms with Crippen molar-refractivity contribution in [2.75, 3.05) is 13.2 Å². The van der Waals surface area contributed by atoms with Gasteiger partial charge in [-0.2, -0.15) is 0 Å². The number of hydrogen-bond donors (Lipinski definition) is 0. The van der Waals surface area contributed by atoms with E-state index in [-0.39, 0.29) is 37.5 Å². The molecule has 0 N–H and O–H groups in total. The third-order valence-electron chi connectivity index (χ3n) is 10.8. The molecule has 0 aliphatic carbocycles. The fourth-order valence-corrected chi connectivity index (χ4v) is 6.90. The molecule has 0 radical (unpaired) electrons. The average Bonchev–Trinajstić information content (AvgIpc) is 3.30. The highest BCUT2D eigenvalue weighted by Gasteiger charge is 2.19. The first kappa shape index (κ1) is 61.1. The summed E-state index contributed by atoms with van der Waals surface area (Å²) in [7, 11) is 0. The Bertz CT molecular complexity index is 1360. The summed E-state index contributed by atoms with van der Waals surface area (Å²) in [5.41, 5.74) is 0. The van der Waals surface area contributed by atoms with Crippen molar-refractivity contribution in [2.24, 2.45) is 0 Å². The lowest BCUT2D eigenvalue weighted by atomic mass is 10.1. The summed E-state index contributed by atoms with van der Waals surface area (Å²) >= 11 is 0. The number of hydrogen-bond acceptors (Lipinski definition) is 6. The van der Waals surface area contributed by atoms with Gasteiger partial charge in [-0.25, -0.2) is 0 Å². The van der Waals surface area contributed by atoms with E-state index in [9.17, 15) is 14.4 Å². The van der Waals surface area contributed by atoms with E-state index in [0.717, 1.165) is 103 Å². The summed E-state index contributed by atoms with van der Waals surface area (Å²) < 4.78 is 16.7. The van der Waals surface area contributed by atoms with Gasteiger partial charge in [-0.15, -0.1) is 0 Å². The number of rotatable bonds is 46. The van der Waals surface area contributed by atoms with Crippen LogP contribution in [0.5, 0.6) is 0 Å². The molecule has 0 saturated carbocycles.